The van der Waals surface area contributed by atoms with Crippen LogP contribution in [-0.4, -0.2) is 49.3 Å². The number of hydrogen-bond acceptors (Lipinski definition) is 3. The van der Waals surface area contributed by atoms with Crippen molar-refractivity contribution in [1.82, 2.24) is 10.2 Å². The molecule has 0 aliphatic rings. The van der Waals surface area contributed by atoms with Gasteiger partial charge in [-0.15, -0.1) is 0 Å². The summed E-state index contributed by atoms with van der Waals surface area (Å²) in [5.41, 5.74) is 0.244. The third-order valence-corrected chi connectivity index (χ3v) is 3.52. The van der Waals surface area contributed by atoms with E-state index in [-0.39, 0.29) is 5.54 Å². The van der Waals surface area contributed by atoms with Gasteiger partial charge in [0.05, 0.1) is 6.61 Å². The Hall–Kier alpha value is -0.120. The summed E-state index contributed by atoms with van der Waals surface area (Å²) in [4.78, 5) is 2.47. The molecule has 0 heterocycles. The number of rotatable bonds is 10. The monoisotopic (exact) mass is 244 g/mol. The summed E-state index contributed by atoms with van der Waals surface area (Å²) in [6, 6.07) is 0.561. The Morgan fingerprint density at radius 3 is 2.35 bits per heavy atom. The molecule has 0 aliphatic carbocycles. The molecule has 0 saturated heterocycles. The summed E-state index contributed by atoms with van der Waals surface area (Å²) in [6.07, 6.45) is 1.16. The fraction of sp³-hybridized carbons (Fsp3) is 1.00. The van der Waals surface area contributed by atoms with Crippen molar-refractivity contribution < 1.29 is 4.74 Å². The van der Waals surface area contributed by atoms with Crippen LogP contribution in [-0.2, 0) is 4.74 Å². The van der Waals surface area contributed by atoms with Crippen molar-refractivity contribution in [3.63, 3.8) is 0 Å². The molecule has 17 heavy (non-hydrogen) atoms. The van der Waals surface area contributed by atoms with Gasteiger partial charge >= 0.3 is 0 Å². The lowest BCUT2D eigenvalue weighted by Gasteiger charge is -2.32. The normalized spacial score (nSPS) is 14.3. The third-order valence-electron chi connectivity index (χ3n) is 3.52. The van der Waals surface area contributed by atoms with Gasteiger partial charge in [-0.1, -0.05) is 13.8 Å². The standard InChI is InChI=1S/C14H32N2O/c1-7-14(5,6)15-12-13(4)16(8-2)10-11-17-9-3/h13,15H,7-12H2,1-6H3. The molecule has 0 saturated carbocycles. The molecule has 0 aromatic carbocycles. The molecular formula is C14H32N2O. The van der Waals surface area contributed by atoms with Crippen LogP contribution in [0.2, 0.25) is 0 Å². The number of ether oxygens (including phenoxy) is 1. The van der Waals surface area contributed by atoms with Crippen LogP contribution in [0.25, 0.3) is 0 Å². The van der Waals surface area contributed by atoms with E-state index in [1.54, 1.807) is 0 Å². The van der Waals surface area contributed by atoms with E-state index in [2.05, 4.69) is 44.8 Å². The first-order valence-electron chi connectivity index (χ1n) is 7.03. The molecule has 0 fully saturated rings. The molecule has 0 bridgehead atoms. The largest absolute Gasteiger partial charge is 0.380 e. The van der Waals surface area contributed by atoms with Crippen LogP contribution in [0.1, 0.15) is 48.0 Å². The Kier molecular flexibility index (Phi) is 8.83. The molecule has 104 valence electrons. The predicted octanol–water partition coefficient (Wildman–Crippen LogP) is 2.51. The summed E-state index contributed by atoms with van der Waals surface area (Å²) in [6.45, 7) is 18.1. The van der Waals surface area contributed by atoms with E-state index in [1.807, 2.05) is 6.92 Å². The first kappa shape index (κ1) is 16.9. The van der Waals surface area contributed by atoms with E-state index < -0.39 is 0 Å². The summed E-state index contributed by atoms with van der Waals surface area (Å²) < 4.78 is 5.42. The van der Waals surface area contributed by atoms with Crippen LogP contribution in [0.4, 0.5) is 0 Å². The van der Waals surface area contributed by atoms with Gasteiger partial charge in [-0.3, -0.25) is 4.90 Å². The lowest BCUT2D eigenvalue weighted by molar-refractivity contribution is 0.0979. The smallest absolute Gasteiger partial charge is 0.0593 e. The SMILES string of the molecule is CCOCCN(CC)C(C)CNC(C)(C)CC. The van der Waals surface area contributed by atoms with Crippen molar-refractivity contribution in [2.75, 3.05) is 32.8 Å². The summed E-state index contributed by atoms with van der Waals surface area (Å²) >= 11 is 0. The number of nitrogens with zero attached hydrogens (tertiary/aromatic N) is 1. The second-order valence-electron chi connectivity index (χ2n) is 5.29. The van der Waals surface area contributed by atoms with E-state index >= 15 is 0 Å². The molecule has 1 atom stereocenters. The zero-order chi connectivity index (χ0) is 13.3. The maximum atomic E-state index is 5.42. The minimum atomic E-state index is 0.244. The molecule has 0 amide bonds. The van der Waals surface area contributed by atoms with E-state index in [1.165, 1.54) is 0 Å². The minimum absolute atomic E-state index is 0.244. The summed E-state index contributed by atoms with van der Waals surface area (Å²) in [5.74, 6) is 0. The van der Waals surface area contributed by atoms with Gasteiger partial charge in [-0.05, 0) is 40.7 Å². The summed E-state index contributed by atoms with van der Waals surface area (Å²) in [5, 5.41) is 3.63. The molecule has 1 unspecified atom stereocenters. The van der Waals surface area contributed by atoms with Crippen LogP contribution in [0, 0.1) is 0 Å². The fourth-order valence-electron chi connectivity index (χ4n) is 1.69. The maximum Gasteiger partial charge on any atom is 0.0593 e. The first-order chi connectivity index (χ1) is 7.96. The Morgan fingerprint density at radius 1 is 1.24 bits per heavy atom. The molecule has 1 N–H and O–H groups in total. The second-order valence-corrected chi connectivity index (χ2v) is 5.29. The molecule has 3 nitrogen and oxygen atoms in total. The molecule has 0 spiro atoms. The van der Waals surface area contributed by atoms with E-state index in [9.17, 15) is 0 Å². The van der Waals surface area contributed by atoms with Crippen molar-refractivity contribution in [3.8, 4) is 0 Å². The molecule has 0 aliphatic heterocycles. The van der Waals surface area contributed by atoms with Crippen molar-refractivity contribution in [2.24, 2.45) is 0 Å². The minimum Gasteiger partial charge on any atom is -0.380 e. The fourth-order valence-corrected chi connectivity index (χ4v) is 1.69. The van der Waals surface area contributed by atoms with E-state index in [0.29, 0.717) is 6.04 Å². The van der Waals surface area contributed by atoms with Gasteiger partial charge in [0, 0.05) is 31.3 Å². The van der Waals surface area contributed by atoms with Gasteiger partial charge in [0.2, 0.25) is 0 Å². The van der Waals surface area contributed by atoms with Crippen molar-refractivity contribution in [3.05, 3.63) is 0 Å². The topological polar surface area (TPSA) is 24.5 Å². The summed E-state index contributed by atoms with van der Waals surface area (Å²) in [7, 11) is 0. The van der Waals surface area contributed by atoms with Gasteiger partial charge in [-0.25, -0.2) is 0 Å². The third kappa shape index (κ3) is 7.74. The number of likely N-dealkylation sites (N-methyl/N-ethyl adjacent to an activating group) is 1. The Labute approximate surface area is 108 Å². The average Bonchev–Trinajstić information content (AvgIpc) is 2.32. The van der Waals surface area contributed by atoms with Crippen molar-refractivity contribution >= 4 is 0 Å². The highest BCUT2D eigenvalue weighted by molar-refractivity contribution is 4.78. The van der Waals surface area contributed by atoms with Crippen LogP contribution in [0.15, 0.2) is 0 Å². The van der Waals surface area contributed by atoms with Gasteiger partial charge in [0.15, 0.2) is 0 Å². The second kappa shape index (κ2) is 8.90. The van der Waals surface area contributed by atoms with E-state index in [0.717, 1.165) is 39.3 Å². The van der Waals surface area contributed by atoms with E-state index in [4.69, 9.17) is 4.74 Å². The maximum absolute atomic E-state index is 5.42. The molecule has 3 heteroatoms. The van der Waals surface area contributed by atoms with Crippen LogP contribution < -0.4 is 5.32 Å². The number of nitrogens with one attached hydrogen (secondary N) is 1. The lowest BCUT2D eigenvalue weighted by Crippen LogP contribution is -2.48. The van der Waals surface area contributed by atoms with Crippen LogP contribution in [0.3, 0.4) is 0 Å². The Morgan fingerprint density at radius 2 is 1.88 bits per heavy atom. The van der Waals surface area contributed by atoms with Crippen molar-refractivity contribution in [2.45, 2.75) is 59.5 Å². The zero-order valence-corrected chi connectivity index (χ0v) is 12.7. The van der Waals surface area contributed by atoms with Gasteiger partial charge in [-0.2, -0.15) is 0 Å². The van der Waals surface area contributed by atoms with Crippen LogP contribution in [0.5, 0.6) is 0 Å². The van der Waals surface area contributed by atoms with Crippen LogP contribution >= 0.6 is 0 Å². The number of hydrogen-bond donors (Lipinski definition) is 1. The first-order valence-corrected chi connectivity index (χ1v) is 7.03. The molecule has 0 aromatic heterocycles. The van der Waals surface area contributed by atoms with Gasteiger partial charge in [0.1, 0.15) is 0 Å². The van der Waals surface area contributed by atoms with Crippen molar-refractivity contribution in [1.29, 1.82) is 0 Å². The lowest BCUT2D eigenvalue weighted by atomic mass is 10.0. The zero-order valence-electron chi connectivity index (χ0n) is 12.7. The quantitative estimate of drug-likeness (QED) is 0.598. The molecule has 0 aromatic rings. The predicted molar refractivity (Wildman–Crippen MR) is 75.6 cm³/mol. The Balaban J connectivity index is 3.94. The molecular weight excluding hydrogens is 212 g/mol. The highest BCUT2D eigenvalue weighted by atomic mass is 16.5. The highest BCUT2D eigenvalue weighted by Gasteiger charge is 2.17. The molecule has 0 rings (SSSR count). The molecule has 0 radical (unpaired) electrons. The highest BCUT2D eigenvalue weighted by Crippen LogP contribution is 2.07. The Bertz CT molecular complexity index is 183. The van der Waals surface area contributed by atoms with Gasteiger partial charge in [0.25, 0.3) is 0 Å². The average molecular weight is 244 g/mol. The van der Waals surface area contributed by atoms with Gasteiger partial charge < -0.3 is 10.1 Å².